The van der Waals surface area contributed by atoms with Crippen LogP contribution in [-0.2, 0) is 11.0 Å². The van der Waals surface area contributed by atoms with Crippen molar-refractivity contribution in [3.8, 4) is 5.88 Å². The Bertz CT molecular complexity index is 598. The summed E-state index contributed by atoms with van der Waals surface area (Å²) in [5, 5.41) is 10.4. The molecule has 0 bridgehead atoms. The van der Waals surface area contributed by atoms with Crippen molar-refractivity contribution in [1.82, 2.24) is 9.88 Å². The lowest BCUT2D eigenvalue weighted by atomic mass is 10.0. The quantitative estimate of drug-likeness (QED) is 0.915. The number of alkyl halides is 3. The largest absolute Gasteiger partial charge is 0.472 e. The molecule has 1 aliphatic carbocycles. The lowest BCUT2D eigenvalue weighted by Gasteiger charge is -2.27. The van der Waals surface area contributed by atoms with Crippen molar-refractivity contribution in [2.75, 3.05) is 13.1 Å². The molecule has 1 saturated heterocycles. The zero-order valence-corrected chi connectivity index (χ0v) is 13.1. The number of ether oxygens (including phenoxy) is 1. The molecule has 24 heavy (non-hydrogen) atoms. The van der Waals surface area contributed by atoms with Gasteiger partial charge in [0.15, 0.2) is 0 Å². The molecule has 1 amide bonds. The van der Waals surface area contributed by atoms with Crippen molar-refractivity contribution in [3.05, 3.63) is 23.9 Å². The average molecular weight is 344 g/mol. The van der Waals surface area contributed by atoms with Gasteiger partial charge in [-0.1, -0.05) is 0 Å². The van der Waals surface area contributed by atoms with E-state index in [1.54, 1.807) is 4.90 Å². The normalized spacial score (nSPS) is 23.5. The highest BCUT2D eigenvalue weighted by atomic mass is 19.4. The third-order valence-corrected chi connectivity index (χ3v) is 4.61. The molecule has 0 spiro atoms. The minimum atomic E-state index is -4.43. The Balaban J connectivity index is 1.57. The van der Waals surface area contributed by atoms with E-state index in [4.69, 9.17) is 4.74 Å². The van der Waals surface area contributed by atoms with E-state index in [1.165, 1.54) is 6.07 Å². The molecule has 1 saturated carbocycles. The topological polar surface area (TPSA) is 62.7 Å². The molecule has 5 nitrogen and oxygen atoms in total. The lowest BCUT2D eigenvalue weighted by molar-refractivity contribution is -0.149. The highest BCUT2D eigenvalue weighted by Gasteiger charge is 2.43. The maximum absolute atomic E-state index is 12.5. The third kappa shape index (κ3) is 3.48. The van der Waals surface area contributed by atoms with Crippen molar-refractivity contribution < 1.29 is 27.8 Å². The van der Waals surface area contributed by atoms with Crippen LogP contribution in [0.1, 0.15) is 37.7 Å². The minimum absolute atomic E-state index is 0.0990. The number of pyridine rings is 1. The fourth-order valence-electron chi connectivity index (χ4n) is 3.27. The van der Waals surface area contributed by atoms with E-state index in [1.807, 2.05) is 0 Å². The fraction of sp³-hybridized carbons (Fsp3) is 0.625. The van der Waals surface area contributed by atoms with Gasteiger partial charge in [-0.25, -0.2) is 4.98 Å². The molecule has 1 aromatic heterocycles. The Morgan fingerprint density at radius 3 is 2.62 bits per heavy atom. The van der Waals surface area contributed by atoms with E-state index in [0.717, 1.165) is 25.1 Å². The van der Waals surface area contributed by atoms with E-state index in [-0.39, 0.29) is 17.9 Å². The molecule has 1 atom stereocenters. The molecule has 2 heterocycles. The molecule has 2 aliphatic rings. The summed E-state index contributed by atoms with van der Waals surface area (Å²) < 4.78 is 43.1. The summed E-state index contributed by atoms with van der Waals surface area (Å²) >= 11 is 0. The number of aliphatic hydroxyl groups is 1. The Hall–Kier alpha value is -1.83. The second-order valence-corrected chi connectivity index (χ2v) is 6.40. The van der Waals surface area contributed by atoms with Gasteiger partial charge in [0.05, 0.1) is 12.1 Å². The van der Waals surface area contributed by atoms with Crippen molar-refractivity contribution in [1.29, 1.82) is 0 Å². The first-order chi connectivity index (χ1) is 11.3. The van der Waals surface area contributed by atoms with Gasteiger partial charge in [0.25, 0.3) is 5.91 Å². The molecule has 0 radical (unpaired) electrons. The molecule has 8 heteroatoms. The molecule has 1 aromatic rings. The molecular formula is C16H19F3N2O3. The van der Waals surface area contributed by atoms with Crippen molar-refractivity contribution in [2.24, 2.45) is 0 Å². The van der Waals surface area contributed by atoms with Gasteiger partial charge in [-0.15, -0.1) is 0 Å². The number of aromatic nitrogens is 1. The Kier molecular flexibility index (Phi) is 4.42. The molecule has 132 valence electrons. The summed E-state index contributed by atoms with van der Waals surface area (Å²) in [6.07, 6.45) is -0.833. The van der Waals surface area contributed by atoms with Gasteiger partial charge in [0.2, 0.25) is 5.88 Å². The van der Waals surface area contributed by atoms with Gasteiger partial charge in [0, 0.05) is 25.2 Å². The van der Waals surface area contributed by atoms with Gasteiger partial charge in [-0.3, -0.25) is 4.79 Å². The number of amides is 1. The number of carbonyl (C=O) groups excluding carboxylic acids is 1. The maximum atomic E-state index is 12.5. The van der Waals surface area contributed by atoms with Crippen LogP contribution in [0.3, 0.4) is 0 Å². The fourth-order valence-corrected chi connectivity index (χ4v) is 3.27. The molecule has 3 rings (SSSR count). The Labute approximate surface area is 137 Å². The van der Waals surface area contributed by atoms with Gasteiger partial charge >= 0.3 is 6.18 Å². The van der Waals surface area contributed by atoms with Crippen LogP contribution in [0.25, 0.3) is 0 Å². The van der Waals surface area contributed by atoms with Crippen LogP contribution < -0.4 is 4.74 Å². The van der Waals surface area contributed by atoms with Crippen LogP contribution in [0.4, 0.5) is 13.2 Å². The molecular weight excluding hydrogens is 325 g/mol. The predicted octanol–water partition coefficient (Wildman–Crippen LogP) is 2.39. The van der Waals surface area contributed by atoms with E-state index in [0.29, 0.717) is 32.4 Å². The SMILES string of the molecule is O=C(N1CCC(Oc2ccc(C(F)(F)F)cn2)C1)C1(O)CCCC1. The van der Waals surface area contributed by atoms with Crippen LogP contribution in [0.15, 0.2) is 18.3 Å². The molecule has 1 N–H and O–H groups in total. The zero-order chi connectivity index (χ0) is 17.4. The smallest absolute Gasteiger partial charge is 0.417 e. The predicted molar refractivity (Wildman–Crippen MR) is 78.3 cm³/mol. The van der Waals surface area contributed by atoms with E-state index in [2.05, 4.69) is 4.98 Å². The number of halogens is 3. The molecule has 1 aliphatic heterocycles. The van der Waals surface area contributed by atoms with E-state index < -0.39 is 17.3 Å². The second-order valence-electron chi connectivity index (χ2n) is 6.40. The van der Waals surface area contributed by atoms with E-state index >= 15 is 0 Å². The van der Waals surface area contributed by atoms with Crippen LogP contribution in [-0.4, -0.2) is 45.7 Å². The summed E-state index contributed by atoms with van der Waals surface area (Å²) in [5.41, 5.74) is -2.09. The number of rotatable bonds is 3. The first kappa shape index (κ1) is 17.0. The summed E-state index contributed by atoms with van der Waals surface area (Å²) in [5.74, 6) is -0.173. The summed E-state index contributed by atoms with van der Waals surface area (Å²) in [6, 6.07) is 2.10. The molecule has 0 aromatic carbocycles. The van der Waals surface area contributed by atoms with Crippen LogP contribution in [0.2, 0.25) is 0 Å². The first-order valence-corrected chi connectivity index (χ1v) is 8.00. The average Bonchev–Trinajstić information content (AvgIpc) is 3.16. The number of carbonyl (C=O) groups is 1. The molecule has 1 unspecified atom stereocenters. The minimum Gasteiger partial charge on any atom is -0.472 e. The van der Waals surface area contributed by atoms with E-state index in [9.17, 15) is 23.1 Å². The van der Waals surface area contributed by atoms with Gasteiger partial charge in [-0.05, 0) is 31.7 Å². The Morgan fingerprint density at radius 2 is 2.04 bits per heavy atom. The lowest BCUT2D eigenvalue weighted by Crippen LogP contribution is -2.46. The van der Waals surface area contributed by atoms with Gasteiger partial charge in [0.1, 0.15) is 11.7 Å². The first-order valence-electron chi connectivity index (χ1n) is 8.00. The number of hydrogen-bond acceptors (Lipinski definition) is 4. The van der Waals surface area contributed by atoms with Crippen LogP contribution in [0.5, 0.6) is 5.88 Å². The Morgan fingerprint density at radius 1 is 1.33 bits per heavy atom. The van der Waals surface area contributed by atoms with Gasteiger partial charge in [-0.2, -0.15) is 13.2 Å². The number of hydrogen-bond donors (Lipinski definition) is 1. The third-order valence-electron chi connectivity index (χ3n) is 4.61. The number of nitrogens with zero attached hydrogens (tertiary/aromatic N) is 2. The standard InChI is InChI=1S/C16H19F3N2O3/c17-16(18,19)11-3-4-13(20-9-11)24-12-5-8-21(10-12)14(22)15(23)6-1-2-7-15/h3-4,9,12,23H,1-2,5-8,10H2. The van der Waals surface area contributed by atoms with Crippen molar-refractivity contribution in [3.63, 3.8) is 0 Å². The summed E-state index contributed by atoms with van der Waals surface area (Å²) in [4.78, 5) is 17.6. The van der Waals surface area contributed by atoms with Gasteiger partial charge < -0.3 is 14.7 Å². The zero-order valence-electron chi connectivity index (χ0n) is 13.1. The summed E-state index contributed by atoms with van der Waals surface area (Å²) in [7, 11) is 0. The highest BCUT2D eigenvalue weighted by molar-refractivity contribution is 5.85. The highest BCUT2D eigenvalue weighted by Crippen LogP contribution is 2.33. The summed E-state index contributed by atoms with van der Waals surface area (Å²) in [6.45, 7) is 0.774. The van der Waals surface area contributed by atoms with Crippen LogP contribution >= 0.6 is 0 Å². The van der Waals surface area contributed by atoms with Crippen molar-refractivity contribution in [2.45, 2.75) is 50.0 Å². The monoisotopic (exact) mass is 344 g/mol. The maximum Gasteiger partial charge on any atom is 0.417 e. The molecule has 2 fully saturated rings. The van der Waals surface area contributed by atoms with Crippen molar-refractivity contribution >= 4 is 5.91 Å². The van der Waals surface area contributed by atoms with Crippen LogP contribution in [0, 0.1) is 0 Å². The number of likely N-dealkylation sites (tertiary alicyclic amines) is 1. The second kappa shape index (κ2) is 6.23.